The number of nitrogens with zero attached hydrogens (tertiary/aromatic N) is 1. The summed E-state index contributed by atoms with van der Waals surface area (Å²) in [4.78, 5) is 33.5. The SMILES string of the molecule is Cc1c(C(=O)NC(C)C(=O)O)sc(=O)n1C. The summed E-state index contributed by atoms with van der Waals surface area (Å²) in [7, 11) is 1.56. The lowest BCUT2D eigenvalue weighted by Crippen LogP contribution is -2.38. The van der Waals surface area contributed by atoms with Gasteiger partial charge in [-0.2, -0.15) is 0 Å². The minimum absolute atomic E-state index is 0.245. The topological polar surface area (TPSA) is 88.4 Å². The molecule has 2 N–H and O–H groups in total. The number of carbonyl (C=O) groups excluding carboxylic acids is 1. The molecule has 1 aromatic heterocycles. The summed E-state index contributed by atoms with van der Waals surface area (Å²) in [6.45, 7) is 3.00. The van der Waals surface area contributed by atoms with Crippen LogP contribution in [0.25, 0.3) is 0 Å². The molecule has 1 rings (SSSR count). The third-order valence-electron chi connectivity index (χ3n) is 2.22. The molecular formula is C9H12N2O4S. The van der Waals surface area contributed by atoms with Gasteiger partial charge in [-0.1, -0.05) is 11.3 Å². The molecule has 0 aromatic carbocycles. The Hall–Kier alpha value is -1.63. The third-order valence-corrected chi connectivity index (χ3v) is 3.35. The van der Waals surface area contributed by atoms with Crippen LogP contribution in [-0.4, -0.2) is 27.6 Å². The number of hydrogen-bond donors (Lipinski definition) is 2. The lowest BCUT2D eigenvalue weighted by atomic mass is 10.3. The zero-order valence-electron chi connectivity index (χ0n) is 9.10. The van der Waals surface area contributed by atoms with Crippen LogP contribution in [0.4, 0.5) is 0 Å². The van der Waals surface area contributed by atoms with Crippen LogP contribution in [0.5, 0.6) is 0 Å². The Morgan fingerprint density at radius 2 is 2.06 bits per heavy atom. The molecule has 1 aromatic rings. The van der Waals surface area contributed by atoms with Crippen LogP contribution in [0.3, 0.4) is 0 Å². The summed E-state index contributed by atoms with van der Waals surface area (Å²) in [5.41, 5.74) is 0.532. The Balaban J connectivity index is 2.94. The van der Waals surface area contributed by atoms with Gasteiger partial charge in [-0.15, -0.1) is 0 Å². The average Bonchev–Trinajstić information content (AvgIpc) is 2.45. The molecule has 0 aliphatic carbocycles. The van der Waals surface area contributed by atoms with E-state index in [2.05, 4.69) is 5.32 Å². The maximum absolute atomic E-state index is 11.6. The lowest BCUT2D eigenvalue weighted by molar-refractivity contribution is -0.138. The summed E-state index contributed by atoms with van der Waals surface area (Å²) < 4.78 is 1.35. The monoisotopic (exact) mass is 244 g/mol. The van der Waals surface area contributed by atoms with Crippen molar-refractivity contribution in [2.75, 3.05) is 0 Å². The predicted octanol–water partition coefficient (Wildman–Crippen LogP) is -0.0419. The smallest absolute Gasteiger partial charge is 0.325 e. The number of carboxylic acid groups (broad SMARTS) is 1. The molecule has 0 spiro atoms. The highest BCUT2D eigenvalue weighted by molar-refractivity contribution is 7.11. The van der Waals surface area contributed by atoms with Gasteiger partial charge in [0, 0.05) is 12.7 Å². The van der Waals surface area contributed by atoms with E-state index < -0.39 is 17.9 Å². The molecule has 0 fully saturated rings. The maximum atomic E-state index is 11.6. The number of aromatic nitrogens is 1. The molecule has 88 valence electrons. The van der Waals surface area contributed by atoms with Crippen LogP contribution in [0.2, 0.25) is 0 Å². The minimum atomic E-state index is -1.12. The number of nitrogens with one attached hydrogen (secondary N) is 1. The zero-order valence-corrected chi connectivity index (χ0v) is 9.92. The molecular weight excluding hydrogens is 232 g/mol. The normalized spacial score (nSPS) is 12.2. The molecule has 0 aliphatic rings. The van der Waals surface area contributed by atoms with E-state index in [0.717, 1.165) is 11.3 Å². The summed E-state index contributed by atoms with van der Waals surface area (Å²) in [5.74, 6) is -1.65. The molecule has 0 radical (unpaired) electrons. The van der Waals surface area contributed by atoms with Crippen molar-refractivity contribution in [2.24, 2.45) is 7.05 Å². The van der Waals surface area contributed by atoms with Crippen molar-refractivity contribution in [3.05, 3.63) is 20.2 Å². The van der Waals surface area contributed by atoms with Crippen molar-refractivity contribution >= 4 is 23.2 Å². The molecule has 16 heavy (non-hydrogen) atoms. The number of aliphatic carboxylic acids is 1. The van der Waals surface area contributed by atoms with Crippen molar-refractivity contribution in [3.8, 4) is 0 Å². The van der Waals surface area contributed by atoms with E-state index in [4.69, 9.17) is 5.11 Å². The van der Waals surface area contributed by atoms with Gasteiger partial charge in [0.2, 0.25) is 0 Å². The van der Waals surface area contributed by atoms with Crippen LogP contribution < -0.4 is 10.2 Å². The second-order valence-electron chi connectivity index (χ2n) is 3.37. The lowest BCUT2D eigenvalue weighted by Gasteiger charge is -2.08. The first kappa shape index (κ1) is 12.4. The fourth-order valence-electron chi connectivity index (χ4n) is 1.05. The maximum Gasteiger partial charge on any atom is 0.325 e. The van der Waals surface area contributed by atoms with E-state index in [-0.39, 0.29) is 9.75 Å². The molecule has 1 heterocycles. The number of carboxylic acids is 1. The van der Waals surface area contributed by atoms with Gasteiger partial charge in [-0.3, -0.25) is 14.4 Å². The first-order valence-electron chi connectivity index (χ1n) is 4.54. The van der Waals surface area contributed by atoms with Crippen molar-refractivity contribution < 1.29 is 14.7 Å². The van der Waals surface area contributed by atoms with Gasteiger partial charge >= 0.3 is 10.8 Å². The quantitative estimate of drug-likeness (QED) is 0.780. The number of hydrogen-bond acceptors (Lipinski definition) is 4. The largest absolute Gasteiger partial charge is 0.480 e. The molecule has 6 nitrogen and oxygen atoms in total. The fraction of sp³-hybridized carbons (Fsp3) is 0.444. The van der Waals surface area contributed by atoms with Gasteiger partial charge in [0.05, 0.1) is 0 Å². The Morgan fingerprint density at radius 3 is 2.44 bits per heavy atom. The number of amides is 1. The van der Waals surface area contributed by atoms with Crippen LogP contribution in [0.1, 0.15) is 22.3 Å². The highest BCUT2D eigenvalue weighted by atomic mass is 32.1. The summed E-state index contributed by atoms with van der Waals surface area (Å²) in [5, 5.41) is 10.9. The third kappa shape index (κ3) is 2.30. The number of rotatable bonds is 3. The molecule has 0 saturated heterocycles. The van der Waals surface area contributed by atoms with Crippen molar-refractivity contribution in [1.29, 1.82) is 0 Å². The molecule has 1 amide bonds. The fourth-order valence-corrected chi connectivity index (χ4v) is 1.94. The Labute approximate surface area is 95.5 Å². The highest BCUT2D eigenvalue weighted by Gasteiger charge is 2.20. The predicted molar refractivity (Wildman–Crippen MR) is 58.9 cm³/mol. The standard InChI is InChI=1S/C9H12N2O4S/c1-4(8(13)14)10-7(12)6-5(2)11(3)9(15)16-6/h4H,1-3H3,(H,10,12)(H,13,14). The Kier molecular flexibility index (Phi) is 3.48. The first-order valence-corrected chi connectivity index (χ1v) is 5.36. The van der Waals surface area contributed by atoms with Gasteiger partial charge in [0.15, 0.2) is 0 Å². The van der Waals surface area contributed by atoms with Gasteiger partial charge in [0.25, 0.3) is 5.91 Å². The highest BCUT2D eigenvalue weighted by Crippen LogP contribution is 2.10. The first-order chi connectivity index (χ1) is 7.34. The Morgan fingerprint density at radius 1 is 1.50 bits per heavy atom. The molecule has 1 unspecified atom stereocenters. The van der Waals surface area contributed by atoms with Crippen molar-refractivity contribution in [1.82, 2.24) is 9.88 Å². The van der Waals surface area contributed by atoms with Crippen molar-refractivity contribution in [3.63, 3.8) is 0 Å². The van der Waals surface area contributed by atoms with E-state index in [1.54, 1.807) is 14.0 Å². The minimum Gasteiger partial charge on any atom is -0.480 e. The second kappa shape index (κ2) is 4.48. The van der Waals surface area contributed by atoms with Gasteiger partial charge < -0.3 is 15.0 Å². The summed E-state index contributed by atoms with van der Waals surface area (Å²) >= 11 is 0.805. The van der Waals surface area contributed by atoms with E-state index in [9.17, 15) is 14.4 Å². The number of carbonyl (C=O) groups is 2. The van der Waals surface area contributed by atoms with E-state index in [1.807, 2.05) is 0 Å². The summed E-state index contributed by atoms with van der Waals surface area (Å²) in [6, 6.07) is -0.977. The Bertz CT molecular complexity index is 488. The van der Waals surface area contributed by atoms with Gasteiger partial charge in [0.1, 0.15) is 10.9 Å². The molecule has 7 heteroatoms. The van der Waals surface area contributed by atoms with Crippen LogP contribution >= 0.6 is 11.3 Å². The molecule has 1 atom stereocenters. The van der Waals surface area contributed by atoms with Crippen LogP contribution in [-0.2, 0) is 11.8 Å². The van der Waals surface area contributed by atoms with E-state index >= 15 is 0 Å². The van der Waals surface area contributed by atoms with E-state index in [1.165, 1.54) is 11.5 Å². The van der Waals surface area contributed by atoms with Crippen LogP contribution in [0.15, 0.2) is 4.79 Å². The molecule has 0 saturated carbocycles. The molecule has 0 aliphatic heterocycles. The van der Waals surface area contributed by atoms with Crippen molar-refractivity contribution in [2.45, 2.75) is 19.9 Å². The average molecular weight is 244 g/mol. The van der Waals surface area contributed by atoms with Gasteiger partial charge in [-0.05, 0) is 13.8 Å². The van der Waals surface area contributed by atoms with Gasteiger partial charge in [-0.25, -0.2) is 0 Å². The second-order valence-corrected chi connectivity index (χ2v) is 4.34. The number of thiazole rings is 1. The van der Waals surface area contributed by atoms with E-state index in [0.29, 0.717) is 5.69 Å². The molecule has 0 bridgehead atoms. The summed E-state index contributed by atoms with van der Waals surface area (Å²) in [6.07, 6.45) is 0. The zero-order chi connectivity index (χ0) is 12.5. The van der Waals surface area contributed by atoms with Crippen LogP contribution in [0, 0.1) is 6.92 Å².